The Balaban J connectivity index is 1.73. The maximum absolute atomic E-state index is 13.4. The fourth-order valence-electron chi connectivity index (χ4n) is 2.54. The number of fused-ring (bicyclic) bond motifs is 1. The average Bonchev–Trinajstić information content (AvgIpc) is 3.01. The molecule has 0 N–H and O–H groups in total. The van der Waals surface area contributed by atoms with Crippen molar-refractivity contribution in [1.82, 2.24) is 9.55 Å². The van der Waals surface area contributed by atoms with Crippen molar-refractivity contribution in [2.45, 2.75) is 25.5 Å². The third-order valence-corrected chi connectivity index (χ3v) is 3.68. The quantitative estimate of drug-likeness (QED) is 0.791. The number of benzene rings is 1. The second-order valence-electron chi connectivity index (χ2n) is 5.21. The summed E-state index contributed by atoms with van der Waals surface area (Å²) in [6.45, 7) is 1.77. The minimum atomic E-state index is -1.01. The van der Waals surface area contributed by atoms with Crippen LogP contribution < -0.4 is 5.56 Å². The van der Waals surface area contributed by atoms with Crippen LogP contribution >= 0.6 is 0 Å². The Bertz CT molecular complexity index is 727. The predicted octanol–water partition coefficient (Wildman–Crippen LogP) is 1.87. The first-order chi connectivity index (χ1) is 10.6. The zero-order valence-corrected chi connectivity index (χ0v) is 11.9. The number of aromatic nitrogens is 2. The second-order valence-corrected chi connectivity index (χ2v) is 5.21. The monoisotopic (exact) mass is 310 g/mol. The first-order valence-corrected chi connectivity index (χ1v) is 7.19. The molecule has 1 aliphatic rings. The molecular weight excluding hydrogens is 294 g/mol. The van der Waals surface area contributed by atoms with Gasteiger partial charge in [0.2, 0.25) is 0 Å². The average molecular weight is 310 g/mol. The summed E-state index contributed by atoms with van der Waals surface area (Å²) in [4.78, 5) is 15.7. The molecule has 1 aliphatic heterocycles. The lowest BCUT2D eigenvalue weighted by Gasteiger charge is -2.12. The molecule has 2 aromatic rings. The van der Waals surface area contributed by atoms with Crippen LogP contribution in [0.15, 0.2) is 23.1 Å². The molecule has 1 saturated heterocycles. The summed E-state index contributed by atoms with van der Waals surface area (Å²) >= 11 is 0. The van der Waals surface area contributed by atoms with Gasteiger partial charge in [0.1, 0.15) is 0 Å². The molecule has 0 saturated carbocycles. The first kappa shape index (κ1) is 15.1. The van der Waals surface area contributed by atoms with Gasteiger partial charge in [-0.1, -0.05) is 0 Å². The van der Waals surface area contributed by atoms with E-state index in [1.54, 1.807) is 0 Å². The maximum Gasteiger partial charge on any atom is 0.269 e. The highest BCUT2D eigenvalue weighted by molar-refractivity contribution is 5.74. The molecule has 0 amide bonds. The normalized spacial score (nSPS) is 18.2. The van der Waals surface area contributed by atoms with Gasteiger partial charge in [0.15, 0.2) is 11.6 Å². The van der Waals surface area contributed by atoms with E-state index in [1.807, 2.05) is 0 Å². The molecule has 7 heteroatoms. The Hall–Kier alpha value is -1.86. The highest BCUT2D eigenvalue weighted by Crippen LogP contribution is 2.15. The van der Waals surface area contributed by atoms with E-state index in [4.69, 9.17) is 9.47 Å². The number of rotatable bonds is 5. The summed E-state index contributed by atoms with van der Waals surface area (Å²) in [5, 5.41) is 0. The van der Waals surface area contributed by atoms with Crippen LogP contribution in [-0.4, -0.2) is 35.5 Å². The van der Waals surface area contributed by atoms with Gasteiger partial charge in [0, 0.05) is 25.3 Å². The SMILES string of the molecule is O=c1cnc2cc(F)c(F)cc2n1CCOC[C@@H]1CCCO1. The molecule has 1 aromatic heterocycles. The van der Waals surface area contributed by atoms with Crippen LogP contribution in [0.3, 0.4) is 0 Å². The Morgan fingerprint density at radius 3 is 2.95 bits per heavy atom. The largest absolute Gasteiger partial charge is 0.377 e. The number of hydrogen-bond donors (Lipinski definition) is 0. The fraction of sp³-hybridized carbons (Fsp3) is 0.467. The van der Waals surface area contributed by atoms with Crippen LogP contribution in [0.2, 0.25) is 0 Å². The van der Waals surface area contributed by atoms with Crippen molar-refractivity contribution < 1.29 is 18.3 Å². The minimum Gasteiger partial charge on any atom is -0.377 e. The first-order valence-electron chi connectivity index (χ1n) is 7.19. The molecule has 0 aliphatic carbocycles. The highest BCUT2D eigenvalue weighted by atomic mass is 19.2. The molecule has 5 nitrogen and oxygen atoms in total. The summed E-state index contributed by atoms with van der Waals surface area (Å²) < 4.78 is 38.9. The van der Waals surface area contributed by atoms with E-state index in [1.165, 1.54) is 4.57 Å². The van der Waals surface area contributed by atoms with Gasteiger partial charge < -0.3 is 14.0 Å². The molecule has 1 atom stereocenters. The molecule has 118 valence electrons. The third kappa shape index (κ3) is 3.15. The van der Waals surface area contributed by atoms with E-state index in [0.29, 0.717) is 6.61 Å². The lowest BCUT2D eigenvalue weighted by molar-refractivity contribution is 0.0149. The van der Waals surface area contributed by atoms with Gasteiger partial charge in [-0.05, 0) is 12.8 Å². The van der Waals surface area contributed by atoms with Crippen molar-refractivity contribution >= 4 is 11.0 Å². The summed E-state index contributed by atoms with van der Waals surface area (Å²) in [5.41, 5.74) is 0.115. The van der Waals surface area contributed by atoms with Gasteiger partial charge >= 0.3 is 0 Å². The topological polar surface area (TPSA) is 53.4 Å². The molecule has 1 fully saturated rings. The van der Waals surface area contributed by atoms with E-state index in [9.17, 15) is 13.6 Å². The van der Waals surface area contributed by atoms with Crippen molar-refractivity contribution in [3.05, 3.63) is 40.3 Å². The van der Waals surface area contributed by atoms with E-state index >= 15 is 0 Å². The maximum atomic E-state index is 13.4. The number of nitrogens with zero attached hydrogens (tertiary/aromatic N) is 2. The second kappa shape index (κ2) is 6.50. The molecule has 22 heavy (non-hydrogen) atoms. The van der Waals surface area contributed by atoms with Gasteiger partial charge in [-0.15, -0.1) is 0 Å². The molecule has 0 spiro atoms. The number of hydrogen-bond acceptors (Lipinski definition) is 4. The van der Waals surface area contributed by atoms with Crippen molar-refractivity contribution in [3.8, 4) is 0 Å². The van der Waals surface area contributed by atoms with Crippen LogP contribution in [0.4, 0.5) is 8.78 Å². The lowest BCUT2D eigenvalue weighted by atomic mass is 10.2. The smallest absolute Gasteiger partial charge is 0.269 e. The standard InChI is InChI=1S/C15H16F2N2O3/c16-11-6-13-14(7-12(11)17)19(15(20)8-18-13)3-5-21-9-10-2-1-4-22-10/h6-8,10H,1-5,9H2/t10-/m0/s1. The van der Waals surface area contributed by atoms with Crippen molar-refractivity contribution in [3.63, 3.8) is 0 Å². The van der Waals surface area contributed by atoms with Crippen LogP contribution in [0, 0.1) is 11.6 Å². The Labute approximate surface area is 125 Å². The van der Waals surface area contributed by atoms with E-state index in [-0.39, 0.29) is 35.8 Å². The number of halogens is 2. The summed E-state index contributed by atoms with van der Waals surface area (Å²) in [6, 6.07) is 1.97. The molecule has 1 aromatic carbocycles. The number of ether oxygens (including phenoxy) is 2. The molecule has 2 heterocycles. The zero-order valence-electron chi connectivity index (χ0n) is 11.9. The third-order valence-electron chi connectivity index (χ3n) is 3.68. The van der Waals surface area contributed by atoms with Crippen LogP contribution in [0.5, 0.6) is 0 Å². The summed E-state index contributed by atoms with van der Waals surface area (Å²) in [6.07, 6.45) is 3.22. The van der Waals surface area contributed by atoms with Gasteiger partial charge in [0.25, 0.3) is 5.56 Å². The van der Waals surface area contributed by atoms with Gasteiger partial charge in [-0.3, -0.25) is 4.79 Å². The minimum absolute atomic E-state index is 0.109. The Morgan fingerprint density at radius 2 is 2.18 bits per heavy atom. The molecule has 0 bridgehead atoms. The molecule has 3 rings (SSSR count). The fourth-order valence-corrected chi connectivity index (χ4v) is 2.54. The van der Waals surface area contributed by atoms with Gasteiger partial charge in [-0.2, -0.15) is 0 Å². The highest BCUT2D eigenvalue weighted by Gasteiger charge is 2.15. The summed E-state index contributed by atoms with van der Waals surface area (Å²) in [5.74, 6) is -1.99. The van der Waals surface area contributed by atoms with Crippen LogP contribution in [0.1, 0.15) is 12.8 Å². The predicted molar refractivity (Wildman–Crippen MR) is 75.7 cm³/mol. The van der Waals surface area contributed by atoms with E-state index in [2.05, 4.69) is 4.98 Å². The lowest BCUT2D eigenvalue weighted by Crippen LogP contribution is -2.24. The van der Waals surface area contributed by atoms with Crippen molar-refractivity contribution in [2.24, 2.45) is 0 Å². The molecule has 0 unspecified atom stereocenters. The van der Waals surface area contributed by atoms with E-state index in [0.717, 1.165) is 37.8 Å². The van der Waals surface area contributed by atoms with Crippen LogP contribution in [0.25, 0.3) is 11.0 Å². The summed E-state index contributed by atoms with van der Waals surface area (Å²) in [7, 11) is 0. The zero-order chi connectivity index (χ0) is 15.5. The van der Waals surface area contributed by atoms with Gasteiger partial charge in [0.05, 0.1) is 36.5 Å². The molecular formula is C15H16F2N2O3. The Kier molecular flexibility index (Phi) is 4.44. The van der Waals surface area contributed by atoms with Crippen molar-refractivity contribution in [2.75, 3.05) is 19.8 Å². The molecule has 0 radical (unpaired) electrons. The van der Waals surface area contributed by atoms with Gasteiger partial charge in [-0.25, -0.2) is 13.8 Å². The van der Waals surface area contributed by atoms with Crippen LogP contribution in [-0.2, 0) is 16.0 Å². The van der Waals surface area contributed by atoms with E-state index < -0.39 is 11.6 Å². The van der Waals surface area contributed by atoms with Crippen molar-refractivity contribution in [1.29, 1.82) is 0 Å². The Morgan fingerprint density at radius 1 is 1.36 bits per heavy atom.